The second-order valence-electron chi connectivity index (χ2n) is 5.57. The molecule has 3 aromatic heterocycles. The first kappa shape index (κ1) is 16.5. The van der Waals surface area contributed by atoms with Gasteiger partial charge in [0.2, 0.25) is 11.7 Å². The van der Waals surface area contributed by atoms with Crippen LogP contribution in [0.15, 0.2) is 62.5 Å². The Morgan fingerprint density at radius 2 is 1.96 bits per heavy atom. The van der Waals surface area contributed by atoms with Gasteiger partial charge in [-0.1, -0.05) is 17.3 Å². The molecule has 0 saturated carbocycles. The minimum absolute atomic E-state index is 0.0427. The van der Waals surface area contributed by atoms with Crippen LogP contribution in [0.2, 0.25) is 0 Å². The Morgan fingerprint density at radius 3 is 2.81 bits per heavy atom. The number of nitrogens with zero attached hydrogens (tertiary/aromatic N) is 4. The molecule has 0 atom stereocenters. The average molecular weight is 366 g/mol. The van der Waals surface area contributed by atoms with E-state index in [1.807, 2.05) is 0 Å². The van der Waals surface area contributed by atoms with Crippen LogP contribution < -0.4 is 16.6 Å². The molecular formula is C17H14N6O4. The Labute approximate surface area is 151 Å². The number of hydrogen-bond donors (Lipinski definition) is 2. The van der Waals surface area contributed by atoms with Gasteiger partial charge in [0.1, 0.15) is 0 Å². The summed E-state index contributed by atoms with van der Waals surface area (Å²) >= 11 is 0. The Balaban J connectivity index is 1.34. The number of benzene rings is 1. The number of carbonyl (C=O) groups excluding carboxylic acids is 1. The molecule has 0 fully saturated rings. The van der Waals surface area contributed by atoms with E-state index in [0.29, 0.717) is 16.9 Å². The zero-order valence-electron chi connectivity index (χ0n) is 14.0. The maximum atomic E-state index is 12.0. The molecule has 3 heterocycles. The van der Waals surface area contributed by atoms with Crippen LogP contribution in [0.1, 0.15) is 6.42 Å². The molecular weight excluding hydrogens is 352 g/mol. The molecule has 0 radical (unpaired) electrons. The fraction of sp³-hybridized carbons (Fsp3) is 0.118. The highest BCUT2D eigenvalue weighted by Gasteiger charge is 2.12. The number of carbonyl (C=O) groups is 1. The molecule has 136 valence electrons. The van der Waals surface area contributed by atoms with Gasteiger partial charge in [0.15, 0.2) is 5.58 Å². The van der Waals surface area contributed by atoms with Crippen molar-refractivity contribution < 1.29 is 13.7 Å². The molecule has 1 amide bonds. The number of pyridine rings is 1. The molecule has 0 aliphatic rings. The summed E-state index contributed by atoms with van der Waals surface area (Å²) in [5, 5.41) is 3.81. The number of para-hydroxylation sites is 2. The quantitative estimate of drug-likeness (QED) is 0.492. The number of rotatable bonds is 6. The summed E-state index contributed by atoms with van der Waals surface area (Å²) in [5.74, 6) is -0.489. The molecule has 0 aliphatic heterocycles. The lowest BCUT2D eigenvalue weighted by molar-refractivity contribution is -0.120. The van der Waals surface area contributed by atoms with Crippen LogP contribution in [0.3, 0.4) is 0 Å². The van der Waals surface area contributed by atoms with Crippen LogP contribution >= 0.6 is 0 Å². The lowest BCUT2D eigenvalue weighted by Crippen LogP contribution is -2.31. The number of fused-ring (bicyclic) bond motifs is 1. The maximum absolute atomic E-state index is 12.0. The highest BCUT2D eigenvalue weighted by Crippen LogP contribution is 2.15. The van der Waals surface area contributed by atoms with Crippen molar-refractivity contribution in [3.63, 3.8) is 0 Å². The number of hydrazine groups is 1. The van der Waals surface area contributed by atoms with Crippen molar-refractivity contribution in [3.8, 4) is 11.4 Å². The molecule has 0 spiro atoms. The number of aromatic nitrogens is 4. The molecule has 0 saturated heterocycles. The normalized spacial score (nSPS) is 10.8. The van der Waals surface area contributed by atoms with Crippen molar-refractivity contribution in [2.45, 2.75) is 13.0 Å². The lowest BCUT2D eigenvalue weighted by atomic mass is 10.3. The van der Waals surface area contributed by atoms with Crippen molar-refractivity contribution in [2.24, 2.45) is 0 Å². The molecule has 0 unspecified atom stereocenters. The third kappa shape index (κ3) is 3.54. The summed E-state index contributed by atoms with van der Waals surface area (Å²) < 4.78 is 11.6. The van der Waals surface area contributed by atoms with Crippen molar-refractivity contribution >= 4 is 23.0 Å². The van der Waals surface area contributed by atoms with Crippen molar-refractivity contribution in [2.75, 3.05) is 5.43 Å². The van der Waals surface area contributed by atoms with Crippen LogP contribution in [0.4, 0.5) is 6.01 Å². The van der Waals surface area contributed by atoms with Crippen LogP contribution in [0.5, 0.6) is 0 Å². The summed E-state index contributed by atoms with van der Waals surface area (Å²) in [5.41, 5.74) is 6.86. The van der Waals surface area contributed by atoms with Crippen LogP contribution in [0.25, 0.3) is 22.5 Å². The molecule has 2 N–H and O–H groups in total. The SMILES string of the molecule is O=C(CCn1c(=O)oc2ccccc21)NNc1nc(-c2ccncc2)no1. The Morgan fingerprint density at radius 1 is 1.15 bits per heavy atom. The van der Waals surface area contributed by atoms with Gasteiger partial charge in [-0.2, -0.15) is 4.98 Å². The smallest absolute Gasteiger partial charge is 0.408 e. The first-order valence-corrected chi connectivity index (χ1v) is 8.08. The molecule has 4 rings (SSSR count). The van der Waals surface area contributed by atoms with Gasteiger partial charge >= 0.3 is 11.8 Å². The minimum Gasteiger partial charge on any atom is -0.408 e. The topological polar surface area (TPSA) is 128 Å². The van der Waals surface area contributed by atoms with E-state index < -0.39 is 5.76 Å². The van der Waals surface area contributed by atoms with Crippen LogP contribution in [0, 0.1) is 0 Å². The van der Waals surface area contributed by atoms with Gasteiger partial charge in [0, 0.05) is 30.9 Å². The summed E-state index contributed by atoms with van der Waals surface area (Å²) in [6.07, 6.45) is 3.28. The van der Waals surface area contributed by atoms with Gasteiger partial charge in [0.05, 0.1) is 5.52 Å². The highest BCUT2D eigenvalue weighted by atomic mass is 16.5. The van der Waals surface area contributed by atoms with Crippen molar-refractivity contribution in [3.05, 3.63) is 59.3 Å². The van der Waals surface area contributed by atoms with E-state index in [2.05, 4.69) is 26.0 Å². The third-order valence-electron chi connectivity index (χ3n) is 3.81. The Kier molecular flexibility index (Phi) is 4.35. The molecule has 0 bridgehead atoms. The second kappa shape index (κ2) is 7.12. The standard InChI is InChI=1S/C17H14N6O4/c24-14(7-10-23-12-3-1-2-4-13(12)26-17(23)25)20-21-16-19-15(22-27-16)11-5-8-18-9-6-11/h1-6,8-9H,7,10H2,(H,20,24)(H,19,21,22). The van der Waals surface area contributed by atoms with Crippen molar-refractivity contribution in [1.82, 2.24) is 25.1 Å². The number of oxazole rings is 1. The summed E-state index contributed by atoms with van der Waals surface area (Å²) in [7, 11) is 0. The van der Waals surface area contributed by atoms with Gasteiger partial charge in [-0.15, -0.1) is 0 Å². The number of anilines is 1. The van der Waals surface area contributed by atoms with E-state index >= 15 is 0 Å². The van der Waals surface area contributed by atoms with Crippen LogP contribution in [-0.2, 0) is 11.3 Å². The second-order valence-corrected chi connectivity index (χ2v) is 5.57. The number of nitrogens with one attached hydrogen (secondary N) is 2. The molecule has 10 heteroatoms. The molecule has 27 heavy (non-hydrogen) atoms. The predicted molar refractivity (Wildman–Crippen MR) is 94.4 cm³/mol. The van der Waals surface area contributed by atoms with Gasteiger partial charge < -0.3 is 8.94 Å². The average Bonchev–Trinajstić information content (AvgIpc) is 3.29. The van der Waals surface area contributed by atoms with Gasteiger partial charge in [-0.3, -0.25) is 19.8 Å². The molecule has 1 aromatic carbocycles. The molecule has 4 aromatic rings. The zero-order chi connectivity index (χ0) is 18.6. The fourth-order valence-corrected chi connectivity index (χ4v) is 2.52. The van der Waals surface area contributed by atoms with Gasteiger partial charge in [0.25, 0.3) is 0 Å². The summed E-state index contributed by atoms with van der Waals surface area (Å²) in [6, 6.07) is 10.5. The number of amides is 1. The zero-order valence-corrected chi connectivity index (χ0v) is 14.0. The van der Waals surface area contributed by atoms with Crippen molar-refractivity contribution in [1.29, 1.82) is 0 Å². The fourth-order valence-electron chi connectivity index (χ4n) is 2.52. The molecule has 0 aliphatic carbocycles. The van der Waals surface area contributed by atoms with Gasteiger partial charge in [-0.25, -0.2) is 10.2 Å². The Hall–Kier alpha value is -3.95. The number of hydrogen-bond acceptors (Lipinski definition) is 8. The Bertz CT molecular complexity index is 1130. The summed E-state index contributed by atoms with van der Waals surface area (Å²) in [6.45, 7) is 0.176. The molecule has 10 nitrogen and oxygen atoms in total. The van der Waals surface area contributed by atoms with E-state index in [9.17, 15) is 9.59 Å². The van der Waals surface area contributed by atoms with E-state index in [1.165, 1.54) is 4.57 Å². The predicted octanol–water partition coefficient (Wildman–Crippen LogP) is 1.57. The number of aryl methyl sites for hydroxylation is 1. The largest absolute Gasteiger partial charge is 0.419 e. The highest BCUT2D eigenvalue weighted by molar-refractivity contribution is 5.77. The third-order valence-corrected chi connectivity index (χ3v) is 3.81. The maximum Gasteiger partial charge on any atom is 0.419 e. The van der Waals surface area contributed by atoms with E-state index in [-0.39, 0.29) is 24.9 Å². The van der Waals surface area contributed by atoms with Gasteiger partial charge in [-0.05, 0) is 24.3 Å². The van der Waals surface area contributed by atoms with E-state index in [0.717, 1.165) is 5.56 Å². The first-order chi connectivity index (χ1) is 13.2. The van der Waals surface area contributed by atoms with E-state index in [1.54, 1.807) is 48.8 Å². The lowest BCUT2D eigenvalue weighted by Gasteiger charge is -2.04. The minimum atomic E-state index is -0.504. The monoisotopic (exact) mass is 366 g/mol. The van der Waals surface area contributed by atoms with E-state index in [4.69, 9.17) is 8.94 Å². The first-order valence-electron chi connectivity index (χ1n) is 8.08. The summed E-state index contributed by atoms with van der Waals surface area (Å²) in [4.78, 5) is 31.9. The van der Waals surface area contributed by atoms with Crippen LogP contribution in [-0.4, -0.2) is 25.6 Å².